The number of benzene rings is 1. The van der Waals surface area contributed by atoms with E-state index in [9.17, 15) is 14.9 Å². The first-order valence-electron chi connectivity index (χ1n) is 7.49. The number of nitrogens with one attached hydrogen (secondary N) is 1. The Kier molecular flexibility index (Phi) is 6.76. The number of carbonyl (C=O) groups is 1. The average molecular weight is 343 g/mol. The summed E-state index contributed by atoms with van der Waals surface area (Å²) in [5.74, 6) is -0.357. The van der Waals surface area contributed by atoms with Crippen molar-refractivity contribution in [2.75, 3.05) is 26.4 Å². The fourth-order valence-corrected chi connectivity index (χ4v) is 2.52. The van der Waals surface area contributed by atoms with Crippen molar-refractivity contribution in [3.05, 3.63) is 38.9 Å². The van der Waals surface area contributed by atoms with Crippen molar-refractivity contribution >= 4 is 23.2 Å². The van der Waals surface area contributed by atoms with Crippen molar-refractivity contribution in [2.45, 2.75) is 25.4 Å². The van der Waals surface area contributed by atoms with Gasteiger partial charge in [0.05, 0.1) is 28.2 Å². The number of halogens is 1. The molecule has 1 aliphatic heterocycles. The third-order valence-corrected chi connectivity index (χ3v) is 3.80. The van der Waals surface area contributed by atoms with Gasteiger partial charge in [-0.1, -0.05) is 11.6 Å². The highest BCUT2D eigenvalue weighted by Crippen LogP contribution is 2.22. The van der Waals surface area contributed by atoms with Crippen LogP contribution in [0.3, 0.4) is 0 Å². The van der Waals surface area contributed by atoms with Gasteiger partial charge >= 0.3 is 0 Å². The number of hydrogen-bond acceptors (Lipinski definition) is 5. The van der Waals surface area contributed by atoms with E-state index in [4.69, 9.17) is 21.1 Å². The zero-order chi connectivity index (χ0) is 16.7. The van der Waals surface area contributed by atoms with E-state index in [1.807, 2.05) is 0 Å². The van der Waals surface area contributed by atoms with Crippen LogP contribution in [0, 0.1) is 10.1 Å². The van der Waals surface area contributed by atoms with Gasteiger partial charge in [-0.3, -0.25) is 14.9 Å². The smallest absolute Gasteiger partial charge is 0.270 e. The van der Waals surface area contributed by atoms with Gasteiger partial charge in [-0.2, -0.15) is 0 Å². The van der Waals surface area contributed by atoms with Gasteiger partial charge in [0.15, 0.2) is 0 Å². The van der Waals surface area contributed by atoms with Gasteiger partial charge in [-0.05, 0) is 25.3 Å². The average Bonchev–Trinajstić information content (AvgIpc) is 3.03. The Hall–Kier alpha value is -1.70. The van der Waals surface area contributed by atoms with Crippen LogP contribution in [0.5, 0.6) is 0 Å². The minimum absolute atomic E-state index is 0.0614. The van der Waals surface area contributed by atoms with Crippen molar-refractivity contribution in [3.63, 3.8) is 0 Å². The highest BCUT2D eigenvalue weighted by molar-refractivity contribution is 6.34. The quantitative estimate of drug-likeness (QED) is 0.445. The standard InChI is InChI=1S/C15H19ClN2O5/c16-14-9-11(18(20)21)4-5-13(14)15(19)17-6-2-7-22-10-12-3-1-8-23-12/h4-5,9,12H,1-3,6-8,10H2,(H,17,19). The van der Waals surface area contributed by atoms with Crippen LogP contribution >= 0.6 is 11.6 Å². The molecule has 7 nitrogen and oxygen atoms in total. The van der Waals surface area contributed by atoms with Gasteiger partial charge < -0.3 is 14.8 Å². The molecule has 2 rings (SSSR count). The number of rotatable bonds is 8. The van der Waals surface area contributed by atoms with Gasteiger partial charge in [0.2, 0.25) is 0 Å². The number of non-ortho nitro benzene ring substituents is 1. The minimum atomic E-state index is -0.557. The zero-order valence-corrected chi connectivity index (χ0v) is 13.4. The molecule has 0 bridgehead atoms. The highest BCUT2D eigenvalue weighted by Gasteiger charge is 2.16. The lowest BCUT2D eigenvalue weighted by atomic mass is 10.2. The molecule has 126 valence electrons. The lowest BCUT2D eigenvalue weighted by Crippen LogP contribution is -2.26. The summed E-state index contributed by atoms with van der Waals surface area (Å²) in [7, 11) is 0. The Morgan fingerprint density at radius 1 is 1.52 bits per heavy atom. The van der Waals surface area contributed by atoms with Gasteiger partial charge in [0, 0.05) is 31.9 Å². The van der Waals surface area contributed by atoms with Crippen LogP contribution in [0.2, 0.25) is 5.02 Å². The van der Waals surface area contributed by atoms with Crippen LogP contribution in [0.25, 0.3) is 0 Å². The second-order valence-electron chi connectivity index (χ2n) is 5.24. The molecule has 8 heteroatoms. The first-order chi connectivity index (χ1) is 11.1. The molecular weight excluding hydrogens is 324 g/mol. The van der Waals surface area contributed by atoms with Crippen molar-refractivity contribution in [1.29, 1.82) is 0 Å². The minimum Gasteiger partial charge on any atom is -0.379 e. The number of nitrogens with zero attached hydrogens (tertiary/aromatic N) is 1. The largest absolute Gasteiger partial charge is 0.379 e. The van der Waals surface area contributed by atoms with Gasteiger partial charge in [-0.25, -0.2) is 0 Å². The second-order valence-corrected chi connectivity index (χ2v) is 5.65. The lowest BCUT2D eigenvalue weighted by molar-refractivity contribution is -0.384. The molecule has 1 amide bonds. The summed E-state index contributed by atoms with van der Waals surface area (Å²) in [5, 5.41) is 13.4. The first-order valence-corrected chi connectivity index (χ1v) is 7.87. The third kappa shape index (κ3) is 5.46. The number of nitro benzene ring substituents is 1. The molecule has 1 aliphatic rings. The molecule has 23 heavy (non-hydrogen) atoms. The fourth-order valence-electron chi connectivity index (χ4n) is 2.26. The Balaban J connectivity index is 1.67. The molecule has 1 aromatic carbocycles. The van der Waals surface area contributed by atoms with Gasteiger partial charge in [0.25, 0.3) is 11.6 Å². The van der Waals surface area contributed by atoms with Crippen LogP contribution in [0.1, 0.15) is 29.6 Å². The Morgan fingerprint density at radius 3 is 3.00 bits per heavy atom. The molecule has 1 atom stereocenters. The molecule has 0 aromatic heterocycles. The van der Waals surface area contributed by atoms with Crippen LogP contribution in [-0.2, 0) is 9.47 Å². The van der Waals surface area contributed by atoms with E-state index in [0.29, 0.717) is 26.2 Å². The molecule has 0 radical (unpaired) electrons. The van der Waals surface area contributed by atoms with Crippen molar-refractivity contribution in [1.82, 2.24) is 5.32 Å². The Bertz CT molecular complexity index is 561. The maximum Gasteiger partial charge on any atom is 0.270 e. The van der Waals surface area contributed by atoms with E-state index in [-0.39, 0.29) is 28.3 Å². The van der Waals surface area contributed by atoms with Crippen molar-refractivity contribution in [3.8, 4) is 0 Å². The summed E-state index contributed by atoms with van der Waals surface area (Å²) in [5.41, 5.74) is 0.0756. The maximum atomic E-state index is 12.0. The summed E-state index contributed by atoms with van der Waals surface area (Å²) in [6, 6.07) is 3.77. The fraction of sp³-hybridized carbons (Fsp3) is 0.533. The molecule has 0 spiro atoms. The summed E-state index contributed by atoms with van der Waals surface area (Å²) < 4.78 is 10.9. The molecule has 1 aromatic rings. The van der Waals surface area contributed by atoms with Crippen LogP contribution in [0.15, 0.2) is 18.2 Å². The van der Waals surface area contributed by atoms with Gasteiger partial charge in [0.1, 0.15) is 0 Å². The molecule has 0 aliphatic carbocycles. The van der Waals surface area contributed by atoms with Crippen LogP contribution in [-0.4, -0.2) is 43.3 Å². The normalized spacial score (nSPS) is 17.2. The number of ether oxygens (including phenoxy) is 2. The van der Waals surface area contributed by atoms with Gasteiger partial charge in [-0.15, -0.1) is 0 Å². The topological polar surface area (TPSA) is 90.7 Å². The Labute approximate surface area is 139 Å². The molecular formula is C15H19ClN2O5. The first kappa shape index (κ1) is 17.7. The number of nitro groups is 1. The van der Waals surface area contributed by atoms with E-state index in [0.717, 1.165) is 19.4 Å². The number of hydrogen-bond donors (Lipinski definition) is 1. The molecule has 1 N–H and O–H groups in total. The lowest BCUT2D eigenvalue weighted by Gasteiger charge is -2.10. The number of carbonyl (C=O) groups excluding carboxylic acids is 1. The monoisotopic (exact) mass is 342 g/mol. The summed E-state index contributed by atoms with van der Waals surface area (Å²) in [6.07, 6.45) is 2.99. The molecule has 1 fully saturated rings. The maximum absolute atomic E-state index is 12.0. The highest BCUT2D eigenvalue weighted by atomic mass is 35.5. The van der Waals surface area contributed by atoms with E-state index >= 15 is 0 Å². The second kappa shape index (κ2) is 8.81. The Morgan fingerprint density at radius 2 is 2.35 bits per heavy atom. The molecule has 1 unspecified atom stereocenters. The summed E-state index contributed by atoms with van der Waals surface area (Å²) in [6.45, 7) is 2.37. The molecule has 1 saturated heterocycles. The van der Waals surface area contributed by atoms with E-state index in [2.05, 4.69) is 5.32 Å². The predicted molar refractivity (Wildman–Crippen MR) is 84.8 cm³/mol. The van der Waals surface area contributed by atoms with E-state index < -0.39 is 4.92 Å². The van der Waals surface area contributed by atoms with Crippen molar-refractivity contribution in [2.24, 2.45) is 0 Å². The third-order valence-electron chi connectivity index (χ3n) is 3.49. The van der Waals surface area contributed by atoms with E-state index in [1.165, 1.54) is 18.2 Å². The SMILES string of the molecule is O=C(NCCCOCC1CCCO1)c1ccc([N+](=O)[O-])cc1Cl. The summed E-state index contributed by atoms with van der Waals surface area (Å²) >= 11 is 5.90. The van der Waals surface area contributed by atoms with E-state index in [1.54, 1.807) is 0 Å². The summed E-state index contributed by atoms with van der Waals surface area (Å²) in [4.78, 5) is 22.0. The molecule has 1 heterocycles. The number of amides is 1. The van der Waals surface area contributed by atoms with Crippen LogP contribution in [0.4, 0.5) is 5.69 Å². The predicted octanol–water partition coefficient (Wildman–Crippen LogP) is 2.56. The zero-order valence-electron chi connectivity index (χ0n) is 12.6. The molecule has 0 saturated carbocycles. The van der Waals surface area contributed by atoms with Crippen molar-refractivity contribution < 1.29 is 19.2 Å². The van der Waals surface area contributed by atoms with Crippen LogP contribution < -0.4 is 5.32 Å².